The molecule has 4 heteroatoms. The normalized spacial score (nSPS) is 17.7. The fourth-order valence-electron chi connectivity index (χ4n) is 2.94. The summed E-state index contributed by atoms with van der Waals surface area (Å²) in [5.41, 5.74) is 3.55. The number of para-hydroxylation sites is 1. The van der Waals surface area contributed by atoms with Crippen molar-refractivity contribution < 1.29 is 0 Å². The Morgan fingerprint density at radius 1 is 1.29 bits per heavy atom. The average molecular weight is 302 g/mol. The Hall–Kier alpha value is -1.58. The summed E-state index contributed by atoms with van der Waals surface area (Å²) in [6.07, 6.45) is 2.27. The molecule has 21 heavy (non-hydrogen) atoms. The van der Waals surface area contributed by atoms with E-state index in [4.69, 9.17) is 16.6 Å². The van der Waals surface area contributed by atoms with Gasteiger partial charge in [0.05, 0.1) is 10.7 Å². The first-order chi connectivity index (χ1) is 10.2. The lowest BCUT2D eigenvalue weighted by Gasteiger charge is -2.36. The SMILES string of the molecule is CNCc1nc(N2c3ccccc3CCC2C)ccc1Cl. The molecule has 1 atom stereocenters. The monoisotopic (exact) mass is 301 g/mol. The lowest BCUT2D eigenvalue weighted by Crippen LogP contribution is -2.34. The van der Waals surface area contributed by atoms with Crippen LogP contribution in [-0.2, 0) is 13.0 Å². The van der Waals surface area contributed by atoms with E-state index in [1.165, 1.54) is 11.3 Å². The van der Waals surface area contributed by atoms with Crippen LogP contribution in [0.5, 0.6) is 0 Å². The summed E-state index contributed by atoms with van der Waals surface area (Å²) >= 11 is 6.23. The van der Waals surface area contributed by atoms with Crippen molar-refractivity contribution in [2.75, 3.05) is 11.9 Å². The number of fused-ring (bicyclic) bond motifs is 1. The van der Waals surface area contributed by atoms with E-state index in [9.17, 15) is 0 Å². The lowest BCUT2D eigenvalue weighted by molar-refractivity contribution is 0.612. The number of nitrogens with zero attached hydrogens (tertiary/aromatic N) is 2. The zero-order valence-electron chi connectivity index (χ0n) is 12.4. The van der Waals surface area contributed by atoms with E-state index < -0.39 is 0 Å². The number of pyridine rings is 1. The van der Waals surface area contributed by atoms with Crippen LogP contribution in [-0.4, -0.2) is 18.1 Å². The van der Waals surface area contributed by atoms with Crippen molar-refractivity contribution in [3.8, 4) is 0 Å². The van der Waals surface area contributed by atoms with E-state index in [1.807, 2.05) is 19.2 Å². The maximum Gasteiger partial charge on any atom is 0.133 e. The number of hydrogen-bond donors (Lipinski definition) is 1. The molecule has 1 aromatic heterocycles. The molecule has 0 saturated heterocycles. The van der Waals surface area contributed by atoms with Gasteiger partial charge in [-0.3, -0.25) is 0 Å². The van der Waals surface area contributed by atoms with Gasteiger partial charge in [0.1, 0.15) is 5.82 Å². The Morgan fingerprint density at radius 3 is 2.90 bits per heavy atom. The molecule has 2 aromatic rings. The van der Waals surface area contributed by atoms with E-state index in [1.54, 1.807) is 0 Å². The summed E-state index contributed by atoms with van der Waals surface area (Å²) in [5.74, 6) is 0.976. The first-order valence-electron chi connectivity index (χ1n) is 7.38. The number of aryl methyl sites for hydroxylation is 1. The Kier molecular flexibility index (Phi) is 4.13. The van der Waals surface area contributed by atoms with Crippen molar-refractivity contribution in [3.05, 3.63) is 52.7 Å². The van der Waals surface area contributed by atoms with Crippen molar-refractivity contribution in [2.24, 2.45) is 0 Å². The highest BCUT2D eigenvalue weighted by Gasteiger charge is 2.25. The minimum atomic E-state index is 0.441. The number of nitrogens with one attached hydrogen (secondary N) is 1. The lowest BCUT2D eigenvalue weighted by atomic mass is 9.96. The first-order valence-corrected chi connectivity index (χ1v) is 7.75. The van der Waals surface area contributed by atoms with Crippen LogP contribution >= 0.6 is 11.6 Å². The molecule has 1 N–H and O–H groups in total. The van der Waals surface area contributed by atoms with Gasteiger partial charge < -0.3 is 10.2 Å². The molecule has 0 aliphatic carbocycles. The van der Waals surface area contributed by atoms with E-state index in [-0.39, 0.29) is 0 Å². The number of aromatic nitrogens is 1. The van der Waals surface area contributed by atoms with Crippen LogP contribution in [0.25, 0.3) is 0 Å². The molecule has 0 fully saturated rings. The Morgan fingerprint density at radius 2 is 2.10 bits per heavy atom. The second kappa shape index (κ2) is 6.04. The van der Waals surface area contributed by atoms with Gasteiger partial charge in [-0.05, 0) is 50.6 Å². The summed E-state index contributed by atoms with van der Waals surface area (Å²) < 4.78 is 0. The molecule has 3 rings (SSSR count). The van der Waals surface area contributed by atoms with Gasteiger partial charge in [0.2, 0.25) is 0 Å². The molecule has 110 valence electrons. The number of hydrogen-bond acceptors (Lipinski definition) is 3. The Balaban J connectivity index is 2.05. The molecular weight excluding hydrogens is 282 g/mol. The number of rotatable bonds is 3. The number of halogens is 1. The predicted molar refractivity (Wildman–Crippen MR) is 88.4 cm³/mol. The smallest absolute Gasteiger partial charge is 0.133 e. The molecule has 1 aliphatic heterocycles. The Bertz CT molecular complexity index is 642. The highest BCUT2D eigenvalue weighted by Crippen LogP contribution is 2.36. The van der Waals surface area contributed by atoms with Crippen LogP contribution in [0.1, 0.15) is 24.6 Å². The largest absolute Gasteiger partial charge is 0.323 e. The summed E-state index contributed by atoms with van der Waals surface area (Å²) in [5, 5.41) is 3.83. The highest BCUT2D eigenvalue weighted by molar-refractivity contribution is 6.31. The third-order valence-electron chi connectivity index (χ3n) is 4.02. The Labute approximate surface area is 131 Å². The molecular formula is C17H20ClN3. The molecule has 2 heterocycles. The third kappa shape index (κ3) is 2.76. The topological polar surface area (TPSA) is 28.2 Å². The van der Waals surface area contributed by atoms with E-state index in [0.717, 1.165) is 24.4 Å². The van der Waals surface area contributed by atoms with Gasteiger partial charge in [0.15, 0.2) is 0 Å². The van der Waals surface area contributed by atoms with Crippen molar-refractivity contribution in [3.63, 3.8) is 0 Å². The quantitative estimate of drug-likeness (QED) is 0.931. The molecule has 0 saturated carbocycles. The van der Waals surface area contributed by atoms with Crippen molar-refractivity contribution in [2.45, 2.75) is 32.4 Å². The van der Waals surface area contributed by atoms with E-state index >= 15 is 0 Å². The van der Waals surface area contributed by atoms with Gasteiger partial charge in [-0.25, -0.2) is 4.98 Å². The van der Waals surface area contributed by atoms with Gasteiger partial charge in [-0.1, -0.05) is 29.8 Å². The fraction of sp³-hybridized carbons (Fsp3) is 0.353. The van der Waals surface area contributed by atoms with Crippen LogP contribution in [0.2, 0.25) is 5.02 Å². The predicted octanol–water partition coefficient (Wildman–Crippen LogP) is 3.93. The fourth-order valence-corrected chi connectivity index (χ4v) is 3.11. The van der Waals surface area contributed by atoms with Gasteiger partial charge in [0, 0.05) is 18.3 Å². The average Bonchev–Trinajstić information content (AvgIpc) is 2.50. The van der Waals surface area contributed by atoms with Gasteiger partial charge >= 0.3 is 0 Å². The van der Waals surface area contributed by atoms with Crippen LogP contribution in [0.15, 0.2) is 36.4 Å². The molecule has 3 nitrogen and oxygen atoms in total. The van der Waals surface area contributed by atoms with Gasteiger partial charge in [0.25, 0.3) is 0 Å². The van der Waals surface area contributed by atoms with Crippen molar-refractivity contribution >= 4 is 23.1 Å². The molecule has 0 radical (unpaired) electrons. The minimum absolute atomic E-state index is 0.441. The number of anilines is 2. The van der Waals surface area contributed by atoms with Crippen molar-refractivity contribution in [1.82, 2.24) is 10.3 Å². The highest BCUT2D eigenvalue weighted by atomic mass is 35.5. The molecule has 0 amide bonds. The zero-order chi connectivity index (χ0) is 14.8. The van der Waals surface area contributed by atoms with E-state index in [2.05, 4.69) is 41.4 Å². The maximum absolute atomic E-state index is 6.23. The second-order valence-electron chi connectivity index (χ2n) is 5.51. The van der Waals surface area contributed by atoms with Crippen molar-refractivity contribution in [1.29, 1.82) is 0 Å². The summed E-state index contributed by atoms with van der Waals surface area (Å²) in [6, 6.07) is 13.0. The maximum atomic E-state index is 6.23. The minimum Gasteiger partial charge on any atom is -0.323 e. The summed E-state index contributed by atoms with van der Waals surface area (Å²) in [7, 11) is 1.91. The molecule has 0 bridgehead atoms. The molecule has 0 spiro atoms. The molecule has 1 unspecified atom stereocenters. The third-order valence-corrected chi connectivity index (χ3v) is 4.36. The summed E-state index contributed by atoms with van der Waals surface area (Å²) in [4.78, 5) is 7.09. The van der Waals surface area contributed by atoms with E-state index in [0.29, 0.717) is 17.6 Å². The van der Waals surface area contributed by atoms with Crippen LogP contribution in [0.4, 0.5) is 11.5 Å². The van der Waals surface area contributed by atoms with Gasteiger partial charge in [-0.2, -0.15) is 0 Å². The van der Waals surface area contributed by atoms with Gasteiger partial charge in [-0.15, -0.1) is 0 Å². The second-order valence-corrected chi connectivity index (χ2v) is 5.92. The zero-order valence-corrected chi connectivity index (χ0v) is 13.2. The summed E-state index contributed by atoms with van der Waals surface area (Å²) in [6.45, 7) is 2.93. The standard InChI is InChI=1S/C17H20ClN3/c1-12-7-8-13-5-3-4-6-16(13)21(12)17-10-9-14(18)15(20-17)11-19-2/h3-6,9-10,12,19H,7-8,11H2,1-2H3. The molecule has 1 aromatic carbocycles. The van der Waals surface area contributed by atoms with Crippen LogP contribution in [0, 0.1) is 0 Å². The molecule has 1 aliphatic rings. The van der Waals surface area contributed by atoms with Crippen LogP contribution in [0.3, 0.4) is 0 Å². The first kappa shape index (κ1) is 14.4. The van der Waals surface area contributed by atoms with Crippen LogP contribution < -0.4 is 10.2 Å². The number of benzene rings is 1.